The average Bonchev–Trinajstić information content (AvgIpc) is 2.38. The quantitative estimate of drug-likeness (QED) is 0.866. The minimum Gasteiger partial charge on any atom is -0.365 e. The van der Waals surface area contributed by atoms with E-state index in [-0.39, 0.29) is 5.54 Å². The van der Waals surface area contributed by atoms with Crippen molar-refractivity contribution in [2.45, 2.75) is 32.7 Å². The van der Waals surface area contributed by atoms with Gasteiger partial charge in [-0.3, -0.25) is 0 Å². The lowest BCUT2D eigenvalue weighted by Crippen LogP contribution is -2.30. The van der Waals surface area contributed by atoms with Crippen molar-refractivity contribution in [1.82, 2.24) is 9.97 Å². The molecule has 0 unspecified atom stereocenters. The highest BCUT2D eigenvalue weighted by Crippen LogP contribution is 2.25. The van der Waals surface area contributed by atoms with E-state index in [0.29, 0.717) is 5.95 Å². The van der Waals surface area contributed by atoms with Gasteiger partial charge in [0.25, 0.3) is 0 Å². The maximum atomic E-state index is 4.52. The van der Waals surface area contributed by atoms with Gasteiger partial charge in [-0.15, -0.1) is 0 Å². The molecule has 0 bridgehead atoms. The topological polar surface area (TPSA) is 49.8 Å². The highest BCUT2D eigenvalue weighted by molar-refractivity contribution is 5.90. The second kappa shape index (κ2) is 4.80. The molecular formula is C14H20N4. The fourth-order valence-electron chi connectivity index (χ4n) is 1.69. The van der Waals surface area contributed by atoms with E-state index in [4.69, 9.17) is 0 Å². The van der Waals surface area contributed by atoms with Crippen molar-refractivity contribution in [3.63, 3.8) is 0 Å². The Morgan fingerprint density at radius 2 is 1.89 bits per heavy atom. The van der Waals surface area contributed by atoms with Crippen LogP contribution in [0.1, 0.15) is 27.2 Å². The van der Waals surface area contributed by atoms with Crippen LogP contribution in [0, 0.1) is 0 Å². The normalized spacial score (nSPS) is 11.6. The van der Waals surface area contributed by atoms with Gasteiger partial charge in [0, 0.05) is 18.0 Å². The first-order valence-corrected chi connectivity index (χ1v) is 6.28. The van der Waals surface area contributed by atoms with Gasteiger partial charge in [-0.05, 0) is 32.4 Å². The number of aromatic nitrogens is 2. The second-order valence-corrected chi connectivity index (χ2v) is 5.03. The molecule has 4 heteroatoms. The summed E-state index contributed by atoms with van der Waals surface area (Å²) in [6.45, 7) is 6.50. The van der Waals surface area contributed by atoms with Crippen LogP contribution in [0.2, 0.25) is 0 Å². The van der Waals surface area contributed by atoms with Crippen LogP contribution >= 0.6 is 0 Å². The lowest BCUT2D eigenvalue weighted by atomic mass is 10.0. The Balaban J connectivity index is 2.53. The van der Waals surface area contributed by atoms with Gasteiger partial charge in [0.2, 0.25) is 5.95 Å². The highest BCUT2D eigenvalue weighted by Gasteiger charge is 2.17. The number of nitrogens with one attached hydrogen (secondary N) is 2. The first-order valence-electron chi connectivity index (χ1n) is 6.28. The predicted octanol–water partition coefficient (Wildman–Crippen LogP) is 3.27. The molecule has 1 aromatic heterocycles. The summed E-state index contributed by atoms with van der Waals surface area (Å²) in [5.74, 6) is 1.53. The molecule has 96 valence electrons. The first kappa shape index (κ1) is 12.6. The summed E-state index contributed by atoms with van der Waals surface area (Å²) >= 11 is 0. The van der Waals surface area contributed by atoms with Crippen LogP contribution in [-0.4, -0.2) is 22.6 Å². The zero-order chi connectivity index (χ0) is 13.2. The Kier molecular flexibility index (Phi) is 3.36. The summed E-state index contributed by atoms with van der Waals surface area (Å²) in [4.78, 5) is 8.97. The van der Waals surface area contributed by atoms with E-state index >= 15 is 0 Å². The molecule has 2 N–H and O–H groups in total. The van der Waals surface area contributed by atoms with E-state index in [1.54, 1.807) is 0 Å². The Hall–Kier alpha value is -1.84. The number of para-hydroxylation sites is 1. The molecule has 0 aliphatic heterocycles. The highest BCUT2D eigenvalue weighted by atomic mass is 15.1. The number of benzene rings is 1. The number of fused-ring (bicyclic) bond motifs is 1. The second-order valence-electron chi connectivity index (χ2n) is 5.03. The average molecular weight is 244 g/mol. The summed E-state index contributed by atoms with van der Waals surface area (Å²) in [6.07, 6.45) is 1.03. The zero-order valence-electron chi connectivity index (χ0n) is 11.4. The molecule has 1 heterocycles. The van der Waals surface area contributed by atoms with Crippen molar-refractivity contribution in [2.75, 3.05) is 17.7 Å². The molecule has 2 aromatic rings. The van der Waals surface area contributed by atoms with Gasteiger partial charge >= 0.3 is 0 Å². The van der Waals surface area contributed by atoms with Gasteiger partial charge in [-0.25, -0.2) is 4.98 Å². The number of anilines is 2. The minimum absolute atomic E-state index is 0.0160. The molecular weight excluding hydrogens is 224 g/mol. The number of nitrogens with zero attached hydrogens (tertiary/aromatic N) is 2. The third kappa shape index (κ3) is 2.53. The third-order valence-corrected chi connectivity index (χ3v) is 3.17. The monoisotopic (exact) mass is 244 g/mol. The van der Waals surface area contributed by atoms with Crippen LogP contribution in [0.25, 0.3) is 10.9 Å². The van der Waals surface area contributed by atoms with Crippen LogP contribution in [-0.2, 0) is 0 Å². The van der Waals surface area contributed by atoms with Crippen molar-refractivity contribution in [2.24, 2.45) is 0 Å². The maximum Gasteiger partial charge on any atom is 0.224 e. The first-order chi connectivity index (χ1) is 8.55. The Morgan fingerprint density at radius 3 is 2.56 bits per heavy atom. The molecule has 1 aromatic carbocycles. The molecule has 4 nitrogen and oxygen atoms in total. The molecule has 0 aliphatic rings. The van der Waals surface area contributed by atoms with Crippen LogP contribution in [0.5, 0.6) is 0 Å². The number of rotatable bonds is 4. The van der Waals surface area contributed by atoms with Gasteiger partial charge < -0.3 is 10.6 Å². The molecule has 0 saturated carbocycles. The van der Waals surface area contributed by atoms with E-state index in [1.807, 2.05) is 31.3 Å². The standard InChI is InChI=1S/C14H20N4/c1-5-14(2,3)18-12-10-8-6-7-9-11(10)16-13(15-4)17-12/h6-9H,5H2,1-4H3,(H2,15,16,17,18). The van der Waals surface area contributed by atoms with Crippen molar-refractivity contribution >= 4 is 22.7 Å². The van der Waals surface area contributed by atoms with E-state index in [2.05, 4.69) is 41.4 Å². The predicted molar refractivity (Wildman–Crippen MR) is 77.1 cm³/mol. The Morgan fingerprint density at radius 1 is 1.17 bits per heavy atom. The molecule has 0 amide bonds. The fourth-order valence-corrected chi connectivity index (χ4v) is 1.69. The Bertz CT molecular complexity index is 548. The summed E-state index contributed by atoms with van der Waals surface area (Å²) < 4.78 is 0. The molecule has 0 fully saturated rings. The van der Waals surface area contributed by atoms with Crippen LogP contribution < -0.4 is 10.6 Å². The van der Waals surface area contributed by atoms with E-state index in [0.717, 1.165) is 23.1 Å². The van der Waals surface area contributed by atoms with Gasteiger partial charge in [-0.1, -0.05) is 19.1 Å². The Labute approximate surface area is 108 Å². The third-order valence-electron chi connectivity index (χ3n) is 3.17. The van der Waals surface area contributed by atoms with Gasteiger partial charge in [-0.2, -0.15) is 4.98 Å². The van der Waals surface area contributed by atoms with Crippen molar-refractivity contribution in [3.05, 3.63) is 24.3 Å². The van der Waals surface area contributed by atoms with Crippen molar-refractivity contribution < 1.29 is 0 Å². The van der Waals surface area contributed by atoms with E-state index in [1.165, 1.54) is 0 Å². The van der Waals surface area contributed by atoms with Crippen molar-refractivity contribution in [3.8, 4) is 0 Å². The molecule has 2 rings (SSSR count). The molecule has 0 aliphatic carbocycles. The molecule has 0 radical (unpaired) electrons. The minimum atomic E-state index is 0.0160. The van der Waals surface area contributed by atoms with Crippen LogP contribution in [0.15, 0.2) is 24.3 Å². The molecule has 18 heavy (non-hydrogen) atoms. The van der Waals surface area contributed by atoms with Gasteiger partial charge in [0.05, 0.1) is 5.52 Å². The van der Waals surface area contributed by atoms with E-state index < -0.39 is 0 Å². The van der Waals surface area contributed by atoms with Gasteiger partial charge in [0.1, 0.15) is 5.82 Å². The number of hydrogen-bond acceptors (Lipinski definition) is 4. The van der Waals surface area contributed by atoms with E-state index in [9.17, 15) is 0 Å². The lowest BCUT2D eigenvalue weighted by Gasteiger charge is -2.26. The molecule has 0 saturated heterocycles. The van der Waals surface area contributed by atoms with Gasteiger partial charge in [0.15, 0.2) is 0 Å². The van der Waals surface area contributed by atoms with Crippen molar-refractivity contribution in [1.29, 1.82) is 0 Å². The summed E-state index contributed by atoms with van der Waals surface area (Å²) in [6, 6.07) is 8.04. The van der Waals surface area contributed by atoms with Crippen LogP contribution in [0.3, 0.4) is 0 Å². The molecule has 0 atom stereocenters. The number of hydrogen-bond donors (Lipinski definition) is 2. The maximum absolute atomic E-state index is 4.52. The molecule has 0 spiro atoms. The zero-order valence-corrected chi connectivity index (χ0v) is 11.4. The smallest absolute Gasteiger partial charge is 0.224 e. The summed E-state index contributed by atoms with van der Waals surface area (Å²) in [5, 5.41) is 7.55. The largest absolute Gasteiger partial charge is 0.365 e. The lowest BCUT2D eigenvalue weighted by molar-refractivity contribution is 0.546. The van der Waals surface area contributed by atoms with Crippen LogP contribution in [0.4, 0.5) is 11.8 Å². The SMILES string of the molecule is CCC(C)(C)Nc1nc(NC)nc2ccccc12. The summed E-state index contributed by atoms with van der Waals surface area (Å²) in [7, 11) is 1.83. The fraction of sp³-hybridized carbons (Fsp3) is 0.429. The summed E-state index contributed by atoms with van der Waals surface area (Å²) in [5.41, 5.74) is 0.966.